The molecule has 3 N–H and O–H groups in total. The zero-order valence-electron chi connectivity index (χ0n) is 4.97. The summed E-state index contributed by atoms with van der Waals surface area (Å²) in [4.78, 5) is 14.7. The third-order valence-corrected chi connectivity index (χ3v) is 0.616. The minimum atomic E-state index is -0.505. The first kappa shape index (κ1) is 7.39. The van der Waals surface area contributed by atoms with Gasteiger partial charge in [0.15, 0.2) is 0 Å². The summed E-state index contributed by atoms with van der Waals surface area (Å²) < 4.78 is 0. The highest BCUT2D eigenvalue weighted by atomic mass is 16.6. The molecule has 0 heterocycles. The number of nitrogens with two attached hydrogens (primary N) is 1. The van der Waals surface area contributed by atoms with Crippen LogP contribution in [0.25, 0.3) is 0 Å². The highest BCUT2D eigenvalue weighted by molar-refractivity contribution is 5.79. The molecule has 0 unspecified atom stereocenters. The number of hydrogen-bond acceptors (Lipinski definition) is 3. The lowest BCUT2D eigenvalue weighted by molar-refractivity contribution is -0.132. The fourth-order valence-corrected chi connectivity index (χ4v) is 0.194. The number of rotatable bonds is 2. The lowest BCUT2D eigenvalue weighted by atomic mass is 10.4. The van der Waals surface area contributed by atoms with Crippen molar-refractivity contribution in [3.05, 3.63) is 0 Å². The molecule has 0 rings (SSSR count). The van der Waals surface area contributed by atoms with Crippen molar-refractivity contribution in [1.29, 1.82) is 0 Å². The van der Waals surface area contributed by atoms with E-state index >= 15 is 0 Å². The molecule has 4 heteroatoms. The molecular weight excluding hydrogens is 108 g/mol. The van der Waals surface area contributed by atoms with E-state index in [0.29, 0.717) is 0 Å². The maximum absolute atomic E-state index is 10.4. The Balaban J connectivity index is 3.33. The fourth-order valence-electron chi connectivity index (χ4n) is 0.194. The second kappa shape index (κ2) is 3.40. The largest absolute Gasteiger partial charge is 0.320 e. The van der Waals surface area contributed by atoms with Gasteiger partial charge in [-0.1, -0.05) is 0 Å². The number of carbonyl (C=O) groups excluding carboxylic acids is 1. The molecule has 0 aromatic rings. The molecule has 0 spiro atoms. The topological polar surface area (TPSA) is 64.3 Å². The molecule has 0 aliphatic carbocycles. The van der Waals surface area contributed by atoms with Crippen molar-refractivity contribution in [1.82, 2.24) is 5.48 Å². The first-order valence-corrected chi connectivity index (χ1v) is 2.27. The highest BCUT2D eigenvalue weighted by Crippen LogP contribution is 1.71. The molecule has 8 heavy (non-hydrogen) atoms. The van der Waals surface area contributed by atoms with E-state index in [1.165, 1.54) is 7.11 Å². The van der Waals surface area contributed by atoms with E-state index in [1.54, 1.807) is 6.92 Å². The summed E-state index contributed by atoms with van der Waals surface area (Å²) in [5.41, 5.74) is 7.21. The number of hydrogen-bond donors (Lipinski definition) is 2. The third kappa shape index (κ3) is 2.54. The normalized spacial score (nSPS) is 12.9. The van der Waals surface area contributed by atoms with Crippen molar-refractivity contribution >= 4 is 5.91 Å². The zero-order valence-corrected chi connectivity index (χ0v) is 4.97. The molecule has 0 fully saturated rings. The summed E-state index contributed by atoms with van der Waals surface area (Å²) in [6.45, 7) is 1.58. The Morgan fingerprint density at radius 1 is 1.88 bits per heavy atom. The van der Waals surface area contributed by atoms with Crippen LogP contribution in [0.5, 0.6) is 0 Å². The average Bonchev–Trinajstić information content (AvgIpc) is 1.67. The van der Waals surface area contributed by atoms with Gasteiger partial charge in [-0.2, -0.15) is 0 Å². The van der Waals surface area contributed by atoms with Crippen molar-refractivity contribution < 1.29 is 9.63 Å². The van der Waals surface area contributed by atoms with Gasteiger partial charge in [0.05, 0.1) is 13.2 Å². The molecule has 0 saturated heterocycles. The molecule has 0 aliphatic heterocycles. The second-order valence-corrected chi connectivity index (χ2v) is 1.46. The van der Waals surface area contributed by atoms with Gasteiger partial charge in [0.2, 0.25) is 0 Å². The van der Waals surface area contributed by atoms with Crippen molar-refractivity contribution in [3.8, 4) is 0 Å². The van der Waals surface area contributed by atoms with Gasteiger partial charge in [0, 0.05) is 0 Å². The Bertz CT molecular complexity index is 82.1. The molecule has 48 valence electrons. The van der Waals surface area contributed by atoms with Gasteiger partial charge in [-0.15, -0.1) is 0 Å². The van der Waals surface area contributed by atoms with Crippen molar-refractivity contribution in [2.75, 3.05) is 7.11 Å². The van der Waals surface area contributed by atoms with Crippen LogP contribution in [0.3, 0.4) is 0 Å². The number of amides is 1. The predicted molar refractivity (Wildman–Crippen MR) is 28.8 cm³/mol. The van der Waals surface area contributed by atoms with Crippen molar-refractivity contribution in [2.45, 2.75) is 13.0 Å². The molecular formula is C4H10N2O2. The first-order chi connectivity index (χ1) is 3.68. The minimum Gasteiger partial charge on any atom is -0.320 e. The summed E-state index contributed by atoms with van der Waals surface area (Å²) in [5.74, 6) is -0.312. The minimum absolute atomic E-state index is 0.312. The van der Waals surface area contributed by atoms with E-state index in [0.717, 1.165) is 0 Å². The maximum Gasteiger partial charge on any atom is 0.260 e. The van der Waals surface area contributed by atoms with E-state index < -0.39 is 6.04 Å². The van der Waals surface area contributed by atoms with Gasteiger partial charge < -0.3 is 5.73 Å². The van der Waals surface area contributed by atoms with Gasteiger partial charge in [-0.25, -0.2) is 5.48 Å². The van der Waals surface area contributed by atoms with Crippen LogP contribution in [0.15, 0.2) is 0 Å². The van der Waals surface area contributed by atoms with Crippen LogP contribution in [0.2, 0.25) is 0 Å². The quantitative estimate of drug-likeness (QED) is 0.458. The fraction of sp³-hybridized carbons (Fsp3) is 0.750. The molecule has 0 radical (unpaired) electrons. The standard InChI is InChI=1S/C4H10N2O2/c1-3(5)4(7)6-8-2/h3H,5H2,1-2H3,(H,6,7)/t3-/m1/s1. The Morgan fingerprint density at radius 2 is 2.38 bits per heavy atom. The van der Waals surface area contributed by atoms with Gasteiger partial charge in [-0.3, -0.25) is 9.63 Å². The van der Waals surface area contributed by atoms with E-state index in [1.807, 2.05) is 0 Å². The monoisotopic (exact) mass is 118 g/mol. The van der Waals surface area contributed by atoms with Crippen LogP contribution in [0, 0.1) is 0 Å². The third-order valence-electron chi connectivity index (χ3n) is 0.616. The van der Waals surface area contributed by atoms with E-state index in [-0.39, 0.29) is 5.91 Å². The van der Waals surface area contributed by atoms with Crippen LogP contribution in [-0.2, 0) is 9.63 Å². The number of carbonyl (C=O) groups is 1. The van der Waals surface area contributed by atoms with Crippen molar-refractivity contribution in [3.63, 3.8) is 0 Å². The summed E-state index contributed by atoms with van der Waals surface area (Å²) in [6, 6.07) is -0.505. The average molecular weight is 118 g/mol. The summed E-state index contributed by atoms with van der Waals surface area (Å²) in [7, 11) is 1.36. The summed E-state index contributed by atoms with van der Waals surface area (Å²) >= 11 is 0. The SMILES string of the molecule is CONC(=O)[C@@H](C)N. The van der Waals surface area contributed by atoms with Crippen LogP contribution in [-0.4, -0.2) is 19.1 Å². The van der Waals surface area contributed by atoms with Crippen LogP contribution in [0.4, 0.5) is 0 Å². The van der Waals surface area contributed by atoms with Gasteiger partial charge >= 0.3 is 0 Å². The van der Waals surface area contributed by atoms with Gasteiger partial charge in [0.25, 0.3) is 5.91 Å². The molecule has 1 amide bonds. The van der Waals surface area contributed by atoms with E-state index in [9.17, 15) is 4.79 Å². The molecule has 0 aliphatic rings. The second-order valence-electron chi connectivity index (χ2n) is 1.46. The lowest BCUT2D eigenvalue weighted by Gasteiger charge is -2.02. The van der Waals surface area contributed by atoms with Crippen LogP contribution < -0.4 is 11.2 Å². The van der Waals surface area contributed by atoms with Gasteiger partial charge in [-0.05, 0) is 6.92 Å². The Labute approximate surface area is 48.0 Å². The van der Waals surface area contributed by atoms with Crippen LogP contribution >= 0.6 is 0 Å². The number of nitrogens with one attached hydrogen (secondary N) is 1. The lowest BCUT2D eigenvalue weighted by Crippen LogP contribution is -2.37. The van der Waals surface area contributed by atoms with Crippen LogP contribution in [0.1, 0.15) is 6.92 Å². The molecule has 4 nitrogen and oxygen atoms in total. The summed E-state index contributed by atoms with van der Waals surface area (Å²) in [6.07, 6.45) is 0. The Morgan fingerprint density at radius 3 is 2.50 bits per heavy atom. The molecule has 0 aromatic carbocycles. The smallest absolute Gasteiger partial charge is 0.260 e. The molecule has 0 aromatic heterocycles. The first-order valence-electron chi connectivity index (χ1n) is 2.27. The Kier molecular flexibility index (Phi) is 3.14. The zero-order chi connectivity index (χ0) is 6.57. The molecule has 0 saturated carbocycles. The molecule has 1 atom stereocenters. The van der Waals surface area contributed by atoms with E-state index in [2.05, 4.69) is 10.3 Å². The van der Waals surface area contributed by atoms with Crippen molar-refractivity contribution in [2.24, 2.45) is 5.73 Å². The molecule has 0 bridgehead atoms. The van der Waals surface area contributed by atoms with E-state index in [4.69, 9.17) is 5.73 Å². The predicted octanol–water partition coefficient (Wildman–Crippen LogP) is -0.989. The maximum atomic E-state index is 10.4. The number of hydroxylamine groups is 1. The highest BCUT2D eigenvalue weighted by Gasteiger charge is 2.03. The van der Waals surface area contributed by atoms with Gasteiger partial charge in [0.1, 0.15) is 0 Å². The Hall–Kier alpha value is -0.610. The summed E-state index contributed by atoms with van der Waals surface area (Å²) in [5, 5.41) is 0.